The molecule has 0 saturated heterocycles. The van der Waals surface area contributed by atoms with Crippen LogP contribution in [0.4, 0.5) is 0 Å². The van der Waals surface area contributed by atoms with Crippen molar-refractivity contribution >= 4 is 0 Å². The van der Waals surface area contributed by atoms with E-state index in [1.807, 2.05) is 0 Å². The van der Waals surface area contributed by atoms with Gasteiger partial charge in [0, 0.05) is 12.5 Å². The summed E-state index contributed by atoms with van der Waals surface area (Å²) in [6.07, 6.45) is 13.0. The van der Waals surface area contributed by atoms with Crippen molar-refractivity contribution in [3.05, 3.63) is 0 Å². The summed E-state index contributed by atoms with van der Waals surface area (Å²) in [4.78, 5) is 0. The highest BCUT2D eigenvalue weighted by Gasteiger charge is 2.23. The molecular formula is C12H21N. The van der Waals surface area contributed by atoms with Crippen LogP contribution >= 0.6 is 0 Å². The van der Waals surface area contributed by atoms with Crippen molar-refractivity contribution in [1.29, 1.82) is 0 Å². The monoisotopic (exact) mass is 179 g/mol. The lowest BCUT2D eigenvalue weighted by Crippen LogP contribution is -2.35. The highest BCUT2D eigenvalue weighted by molar-refractivity contribution is 4.93. The molecule has 1 aliphatic rings. The zero-order valence-corrected chi connectivity index (χ0v) is 8.68. The molecule has 0 aromatic rings. The standard InChI is InChI=1S/C12H21N/c1-3-7-12(13-10-4-2)11-8-5-6-9-11/h1,11-13H,4-10H2,2H3. The van der Waals surface area contributed by atoms with E-state index in [4.69, 9.17) is 6.42 Å². The normalized spacial score (nSPS) is 20.0. The molecule has 1 rings (SSSR count). The number of nitrogens with one attached hydrogen (secondary N) is 1. The molecule has 0 spiro atoms. The van der Waals surface area contributed by atoms with Crippen LogP contribution in [0.2, 0.25) is 0 Å². The van der Waals surface area contributed by atoms with E-state index < -0.39 is 0 Å². The van der Waals surface area contributed by atoms with Gasteiger partial charge in [-0.25, -0.2) is 0 Å². The third kappa shape index (κ3) is 3.40. The first kappa shape index (κ1) is 10.6. The van der Waals surface area contributed by atoms with Crippen LogP contribution in [-0.4, -0.2) is 12.6 Å². The minimum absolute atomic E-state index is 0.590. The molecule has 13 heavy (non-hydrogen) atoms. The van der Waals surface area contributed by atoms with E-state index in [2.05, 4.69) is 18.2 Å². The lowest BCUT2D eigenvalue weighted by Gasteiger charge is -2.22. The fraction of sp³-hybridized carbons (Fsp3) is 0.833. The highest BCUT2D eigenvalue weighted by Crippen LogP contribution is 2.28. The highest BCUT2D eigenvalue weighted by atomic mass is 14.9. The minimum Gasteiger partial charge on any atom is -0.313 e. The van der Waals surface area contributed by atoms with Gasteiger partial charge in [0.25, 0.3) is 0 Å². The maximum absolute atomic E-state index is 5.38. The van der Waals surface area contributed by atoms with Gasteiger partial charge < -0.3 is 5.32 Å². The summed E-state index contributed by atoms with van der Waals surface area (Å²) in [5.74, 6) is 3.64. The summed E-state index contributed by atoms with van der Waals surface area (Å²) in [5, 5.41) is 3.57. The van der Waals surface area contributed by atoms with Crippen LogP contribution in [-0.2, 0) is 0 Å². The molecular weight excluding hydrogens is 158 g/mol. The van der Waals surface area contributed by atoms with Gasteiger partial charge in [0.1, 0.15) is 0 Å². The molecule has 74 valence electrons. The second kappa shape index (κ2) is 6.05. The Kier molecular flexibility index (Phi) is 4.93. The summed E-state index contributed by atoms with van der Waals surface area (Å²) in [7, 11) is 0. The van der Waals surface area contributed by atoms with Gasteiger partial charge >= 0.3 is 0 Å². The smallest absolute Gasteiger partial charge is 0.0243 e. The summed E-state index contributed by atoms with van der Waals surface area (Å²) in [6, 6.07) is 0.590. The topological polar surface area (TPSA) is 12.0 Å². The third-order valence-corrected chi connectivity index (χ3v) is 2.96. The molecule has 1 heteroatoms. The average Bonchev–Trinajstić information content (AvgIpc) is 2.65. The fourth-order valence-electron chi connectivity index (χ4n) is 2.22. The molecule has 1 atom stereocenters. The van der Waals surface area contributed by atoms with Gasteiger partial charge in [0.2, 0.25) is 0 Å². The quantitative estimate of drug-likeness (QED) is 0.640. The van der Waals surface area contributed by atoms with Crippen molar-refractivity contribution in [2.24, 2.45) is 5.92 Å². The zero-order chi connectivity index (χ0) is 9.52. The zero-order valence-electron chi connectivity index (χ0n) is 8.68. The van der Waals surface area contributed by atoms with Gasteiger partial charge in [0.15, 0.2) is 0 Å². The molecule has 1 N–H and O–H groups in total. The Hall–Kier alpha value is -0.480. The van der Waals surface area contributed by atoms with Crippen LogP contribution in [0.1, 0.15) is 45.4 Å². The van der Waals surface area contributed by atoms with Crippen molar-refractivity contribution in [3.63, 3.8) is 0 Å². The van der Waals surface area contributed by atoms with E-state index in [1.165, 1.54) is 32.1 Å². The van der Waals surface area contributed by atoms with Gasteiger partial charge in [-0.05, 0) is 31.7 Å². The first-order valence-corrected chi connectivity index (χ1v) is 5.55. The number of terminal acetylenes is 1. The molecule has 1 fully saturated rings. The largest absolute Gasteiger partial charge is 0.313 e. The first-order chi connectivity index (χ1) is 6.38. The van der Waals surface area contributed by atoms with Crippen LogP contribution in [0.3, 0.4) is 0 Å². The Bertz CT molecular complexity index is 162. The summed E-state index contributed by atoms with van der Waals surface area (Å²) >= 11 is 0. The van der Waals surface area contributed by atoms with Crippen LogP contribution in [0, 0.1) is 18.3 Å². The Morgan fingerprint density at radius 3 is 2.69 bits per heavy atom. The third-order valence-electron chi connectivity index (χ3n) is 2.96. The lowest BCUT2D eigenvalue weighted by atomic mass is 9.95. The predicted octanol–water partition coefficient (Wildman–Crippen LogP) is 2.57. The van der Waals surface area contributed by atoms with Crippen molar-refractivity contribution in [2.75, 3.05) is 6.54 Å². The Balaban J connectivity index is 2.32. The summed E-state index contributed by atoms with van der Waals surface area (Å²) in [6.45, 7) is 3.32. The number of hydrogen-bond acceptors (Lipinski definition) is 1. The van der Waals surface area contributed by atoms with Crippen LogP contribution in [0.5, 0.6) is 0 Å². The van der Waals surface area contributed by atoms with Gasteiger partial charge in [0.05, 0.1) is 0 Å². The van der Waals surface area contributed by atoms with Crippen LogP contribution in [0.15, 0.2) is 0 Å². The van der Waals surface area contributed by atoms with E-state index in [0.29, 0.717) is 6.04 Å². The molecule has 0 amide bonds. The molecule has 0 aromatic carbocycles. The van der Waals surface area contributed by atoms with Gasteiger partial charge in [-0.3, -0.25) is 0 Å². The Morgan fingerprint density at radius 1 is 1.46 bits per heavy atom. The average molecular weight is 179 g/mol. The fourth-order valence-corrected chi connectivity index (χ4v) is 2.22. The lowest BCUT2D eigenvalue weighted by molar-refractivity contribution is 0.364. The second-order valence-electron chi connectivity index (χ2n) is 4.01. The SMILES string of the molecule is C#CCC(NCCC)C1CCCC1. The summed E-state index contributed by atoms with van der Waals surface area (Å²) in [5.41, 5.74) is 0. The molecule has 0 aliphatic heterocycles. The maximum atomic E-state index is 5.38. The van der Waals surface area contributed by atoms with Crippen molar-refractivity contribution in [3.8, 4) is 12.3 Å². The molecule has 1 aliphatic carbocycles. The Labute approximate surface area is 82.3 Å². The molecule has 1 nitrogen and oxygen atoms in total. The number of rotatable bonds is 5. The van der Waals surface area contributed by atoms with Gasteiger partial charge in [-0.2, -0.15) is 0 Å². The molecule has 0 heterocycles. The molecule has 0 bridgehead atoms. The predicted molar refractivity (Wildman–Crippen MR) is 57.5 cm³/mol. The van der Waals surface area contributed by atoms with Crippen molar-refractivity contribution in [1.82, 2.24) is 5.32 Å². The van der Waals surface area contributed by atoms with Crippen LogP contribution in [0.25, 0.3) is 0 Å². The second-order valence-corrected chi connectivity index (χ2v) is 4.01. The van der Waals surface area contributed by atoms with Gasteiger partial charge in [-0.1, -0.05) is 19.8 Å². The maximum Gasteiger partial charge on any atom is 0.0243 e. The van der Waals surface area contributed by atoms with E-state index in [-0.39, 0.29) is 0 Å². The summed E-state index contributed by atoms with van der Waals surface area (Å²) < 4.78 is 0. The molecule has 0 radical (unpaired) electrons. The molecule has 1 saturated carbocycles. The van der Waals surface area contributed by atoms with E-state index in [1.54, 1.807) is 0 Å². The van der Waals surface area contributed by atoms with Crippen molar-refractivity contribution < 1.29 is 0 Å². The molecule has 1 unspecified atom stereocenters. The first-order valence-electron chi connectivity index (χ1n) is 5.55. The van der Waals surface area contributed by atoms with E-state index in [0.717, 1.165) is 18.9 Å². The van der Waals surface area contributed by atoms with E-state index >= 15 is 0 Å². The number of hydrogen-bond donors (Lipinski definition) is 1. The molecule has 0 aromatic heterocycles. The minimum atomic E-state index is 0.590. The van der Waals surface area contributed by atoms with Crippen LogP contribution < -0.4 is 5.32 Å². The Morgan fingerprint density at radius 2 is 2.15 bits per heavy atom. The van der Waals surface area contributed by atoms with Crippen molar-refractivity contribution in [2.45, 2.75) is 51.5 Å². The van der Waals surface area contributed by atoms with Gasteiger partial charge in [-0.15, -0.1) is 12.3 Å². The van der Waals surface area contributed by atoms with E-state index in [9.17, 15) is 0 Å².